The molecule has 0 amide bonds. The van der Waals surface area contributed by atoms with Crippen LogP contribution in [0.2, 0.25) is 0 Å². The second-order valence-corrected chi connectivity index (χ2v) is 11.1. The summed E-state index contributed by atoms with van der Waals surface area (Å²) in [5.74, 6) is -0.835. The number of oxime groups is 1. The van der Waals surface area contributed by atoms with Crippen LogP contribution in [0.5, 0.6) is 5.75 Å². The van der Waals surface area contributed by atoms with Gasteiger partial charge in [-0.2, -0.15) is 21.6 Å². The zero-order valence-electron chi connectivity index (χ0n) is 23.6. The van der Waals surface area contributed by atoms with Crippen molar-refractivity contribution in [2.24, 2.45) is 5.16 Å². The number of hydrogen-bond acceptors (Lipinski definition) is 8. The molecule has 0 aliphatic heterocycles. The number of benzene rings is 4. The molecule has 0 atom stereocenters. The third kappa shape index (κ3) is 7.51. The molecular weight excluding hydrogens is 599 g/mol. The lowest BCUT2D eigenvalue weighted by Crippen LogP contribution is -2.18. The first-order valence-corrected chi connectivity index (χ1v) is 14.5. The maximum atomic E-state index is 13.9. The highest BCUT2D eigenvalue weighted by Crippen LogP contribution is 2.31. The molecular formula is C32H26F3NO7S. The van der Waals surface area contributed by atoms with Crippen LogP contribution < -0.4 is 4.74 Å². The van der Waals surface area contributed by atoms with E-state index in [-0.39, 0.29) is 35.6 Å². The lowest BCUT2D eigenvalue weighted by Gasteiger charge is -2.13. The maximum Gasteiger partial charge on any atom is 0.416 e. The van der Waals surface area contributed by atoms with Gasteiger partial charge in [-0.05, 0) is 55.6 Å². The number of alkyl halides is 3. The minimum atomic E-state index is -4.69. The smallest absolute Gasteiger partial charge is 0.416 e. The number of fused-ring (bicyclic) bond motifs is 1. The molecule has 0 N–H and O–H groups in total. The molecule has 4 aromatic rings. The van der Waals surface area contributed by atoms with Crippen LogP contribution in [0.3, 0.4) is 0 Å². The molecule has 0 fully saturated rings. The Kier molecular flexibility index (Phi) is 9.53. The van der Waals surface area contributed by atoms with Crippen molar-refractivity contribution < 1.29 is 44.9 Å². The van der Waals surface area contributed by atoms with Crippen LogP contribution in [0.25, 0.3) is 10.8 Å². The number of esters is 1. The number of ketones is 1. The maximum absolute atomic E-state index is 13.9. The van der Waals surface area contributed by atoms with E-state index in [4.69, 9.17) is 13.8 Å². The monoisotopic (exact) mass is 625 g/mol. The standard InChI is InChI=1S/C32H26F3NO7S/c1-20(2)31(38)42-19-18-41-28-17-16-27(25-6-4-5-7-26(25)28)30(37)29(22-10-8-21(3)9-11-22)36-43-44(39,40)24-14-12-23(13-15-24)32(33,34)35/h4-17H,1,18-19H2,2-3H3/b36-29+. The average molecular weight is 626 g/mol. The van der Waals surface area contributed by atoms with Gasteiger partial charge in [0.25, 0.3) is 0 Å². The normalized spacial score (nSPS) is 12.1. The zero-order chi connectivity index (χ0) is 32.1. The summed E-state index contributed by atoms with van der Waals surface area (Å²) in [6.07, 6.45) is -4.66. The fourth-order valence-electron chi connectivity index (χ4n) is 4.01. The van der Waals surface area contributed by atoms with E-state index in [0.717, 1.165) is 17.7 Å². The second-order valence-electron chi connectivity index (χ2n) is 9.61. The minimum Gasteiger partial charge on any atom is -0.489 e. The molecule has 0 aliphatic carbocycles. The summed E-state index contributed by atoms with van der Waals surface area (Å²) in [5, 5.41) is 4.71. The first kappa shape index (κ1) is 32.0. The molecule has 0 saturated heterocycles. The molecule has 0 radical (unpaired) electrons. The number of carbonyl (C=O) groups excluding carboxylic acids is 2. The van der Waals surface area contributed by atoms with Gasteiger partial charge in [0.05, 0.1) is 5.56 Å². The van der Waals surface area contributed by atoms with Gasteiger partial charge in [-0.25, -0.2) is 4.79 Å². The van der Waals surface area contributed by atoms with Crippen LogP contribution in [0.15, 0.2) is 107 Å². The van der Waals surface area contributed by atoms with E-state index in [1.54, 1.807) is 54.6 Å². The van der Waals surface area contributed by atoms with Crippen LogP contribution >= 0.6 is 0 Å². The third-order valence-electron chi connectivity index (χ3n) is 6.29. The van der Waals surface area contributed by atoms with Crippen LogP contribution in [0.4, 0.5) is 13.2 Å². The van der Waals surface area contributed by atoms with E-state index in [1.165, 1.54) is 13.0 Å². The van der Waals surface area contributed by atoms with Gasteiger partial charge in [0.15, 0.2) is 5.71 Å². The van der Waals surface area contributed by atoms with Gasteiger partial charge < -0.3 is 9.47 Å². The third-order valence-corrected chi connectivity index (χ3v) is 7.41. The van der Waals surface area contributed by atoms with Crippen molar-refractivity contribution in [2.45, 2.75) is 24.9 Å². The number of nitrogens with zero attached hydrogens (tertiary/aromatic N) is 1. The molecule has 8 nitrogen and oxygen atoms in total. The summed E-state index contributed by atoms with van der Waals surface area (Å²) in [6, 6.07) is 19.0. The van der Waals surface area contributed by atoms with Gasteiger partial charge in [-0.1, -0.05) is 65.8 Å². The number of hydrogen-bond donors (Lipinski definition) is 0. The summed E-state index contributed by atoms with van der Waals surface area (Å²) in [7, 11) is -4.69. The lowest BCUT2D eigenvalue weighted by atomic mass is 9.95. The largest absolute Gasteiger partial charge is 0.489 e. The van der Waals surface area contributed by atoms with Gasteiger partial charge in [-0.3, -0.25) is 9.08 Å². The molecule has 0 bridgehead atoms. The molecule has 0 aliphatic rings. The molecule has 0 spiro atoms. The van der Waals surface area contributed by atoms with Gasteiger partial charge in [-0.15, -0.1) is 0 Å². The van der Waals surface area contributed by atoms with E-state index in [9.17, 15) is 31.2 Å². The van der Waals surface area contributed by atoms with E-state index in [1.807, 2.05) is 6.92 Å². The molecule has 0 unspecified atom stereocenters. The Morgan fingerprint density at radius 3 is 2.11 bits per heavy atom. The Morgan fingerprint density at radius 2 is 1.50 bits per heavy atom. The molecule has 0 aromatic heterocycles. The predicted octanol–water partition coefficient (Wildman–Crippen LogP) is 6.66. The highest BCUT2D eigenvalue weighted by molar-refractivity contribution is 7.86. The SMILES string of the molecule is C=C(C)C(=O)OCCOc1ccc(C(=O)/C(=N/OS(=O)(=O)c2ccc(C(F)(F)F)cc2)c2ccc(C)cc2)c2ccccc12. The molecule has 0 heterocycles. The number of aryl methyl sites for hydroxylation is 1. The van der Waals surface area contributed by atoms with Crippen molar-refractivity contribution in [1.82, 2.24) is 0 Å². The van der Waals surface area contributed by atoms with E-state index in [0.29, 0.717) is 28.7 Å². The van der Waals surface area contributed by atoms with Crippen molar-refractivity contribution in [3.8, 4) is 5.75 Å². The van der Waals surface area contributed by atoms with E-state index in [2.05, 4.69) is 11.7 Å². The van der Waals surface area contributed by atoms with Crippen molar-refractivity contribution >= 4 is 38.4 Å². The lowest BCUT2D eigenvalue weighted by molar-refractivity contribution is -0.139. The van der Waals surface area contributed by atoms with Crippen LogP contribution in [-0.2, 0) is 30.1 Å². The number of rotatable bonds is 11. The van der Waals surface area contributed by atoms with Crippen molar-refractivity contribution in [1.29, 1.82) is 0 Å². The van der Waals surface area contributed by atoms with Crippen molar-refractivity contribution in [3.63, 3.8) is 0 Å². The van der Waals surface area contributed by atoms with Crippen LogP contribution in [0, 0.1) is 6.92 Å². The van der Waals surface area contributed by atoms with Gasteiger partial charge in [0, 0.05) is 22.1 Å². The Balaban J connectivity index is 1.67. The summed E-state index contributed by atoms with van der Waals surface area (Å²) in [4.78, 5) is 25.0. The first-order chi connectivity index (χ1) is 20.8. The second kappa shape index (κ2) is 13.1. The van der Waals surface area contributed by atoms with Gasteiger partial charge >= 0.3 is 22.3 Å². The Bertz CT molecular complexity index is 1850. The number of carbonyl (C=O) groups is 2. The molecule has 0 saturated carbocycles. The van der Waals surface area contributed by atoms with Gasteiger partial charge in [0.2, 0.25) is 5.78 Å². The quantitative estimate of drug-likeness (QED) is 0.0458. The highest BCUT2D eigenvalue weighted by atomic mass is 32.2. The number of Topliss-reactive ketones (excluding diaryl/α,β-unsaturated/α-hetero) is 1. The number of halogens is 3. The molecule has 4 aromatic carbocycles. The summed E-state index contributed by atoms with van der Waals surface area (Å²) < 4.78 is 80.2. The summed E-state index contributed by atoms with van der Waals surface area (Å²) in [5.41, 5.74) is 0.109. The molecule has 12 heteroatoms. The Labute approximate surface area is 251 Å². The van der Waals surface area contributed by atoms with Gasteiger partial charge in [0.1, 0.15) is 23.9 Å². The highest BCUT2D eigenvalue weighted by Gasteiger charge is 2.31. The van der Waals surface area contributed by atoms with E-state index < -0.39 is 38.5 Å². The molecule has 4 rings (SSSR count). The van der Waals surface area contributed by atoms with E-state index >= 15 is 0 Å². The predicted molar refractivity (Wildman–Crippen MR) is 157 cm³/mol. The average Bonchev–Trinajstić information content (AvgIpc) is 2.99. The summed E-state index contributed by atoms with van der Waals surface area (Å²) in [6.45, 7) is 6.86. The summed E-state index contributed by atoms with van der Waals surface area (Å²) >= 11 is 0. The van der Waals surface area contributed by atoms with Crippen molar-refractivity contribution in [3.05, 3.63) is 119 Å². The molecule has 228 valence electrons. The zero-order valence-corrected chi connectivity index (χ0v) is 24.4. The van der Waals surface area contributed by atoms with Crippen molar-refractivity contribution in [2.75, 3.05) is 13.2 Å². The Hall–Kier alpha value is -4.97. The van der Waals surface area contributed by atoms with Crippen LogP contribution in [-0.4, -0.2) is 39.1 Å². The first-order valence-electron chi connectivity index (χ1n) is 13.1. The number of ether oxygens (including phenoxy) is 2. The molecule has 44 heavy (non-hydrogen) atoms. The fraction of sp³-hybridized carbons (Fsp3) is 0.156. The Morgan fingerprint density at radius 1 is 0.864 bits per heavy atom. The topological polar surface area (TPSA) is 108 Å². The minimum absolute atomic E-state index is 0.0298. The van der Waals surface area contributed by atoms with Crippen LogP contribution in [0.1, 0.15) is 34.0 Å². The fourth-order valence-corrected chi connectivity index (χ4v) is 4.74.